The van der Waals surface area contributed by atoms with Gasteiger partial charge in [0, 0.05) is 25.2 Å². The van der Waals surface area contributed by atoms with Gasteiger partial charge in [0.05, 0.1) is 18.0 Å². The molecule has 0 spiro atoms. The average molecular weight is 461 g/mol. The van der Waals surface area contributed by atoms with Gasteiger partial charge in [-0.3, -0.25) is 14.6 Å². The number of rotatable bonds is 3. The Balaban J connectivity index is 0.000000360. The Labute approximate surface area is 180 Å². The molecule has 176 valence electrons. The van der Waals surface area contributed by atoms with Crippen LogP contribution in [-0.4, -0.2) is 70.4 Å². The molecule has 3 heterocycles. The number of nitrogens with zero attached hydrogens (tertiary/aromatic N) is 2. The summed E-state index contributed by atoms with van der Waals surface area (Å²) < 4.78 is 50.7. The number of pyridine rings is 1. The van der Waals surface area contributed by atoms with E-state index in [9.17, 15) is 27.2 Å². The molecule has 0 unspecified atom stereocenters. The quantitative estimate of drug-likeness (QED) is 0.670. The highest BCUT2D eigenvalue weighted by Gasteiger charge is 2.45. The summed E-state index contributed by atoms with van der Waals surface area (Å²) in [7, 11) is 0. The topological polar surface area (TPSA) is 109 Å². The second kappa shape index (κ2) is 9.80. The number of carboxylic acids is 1. The third-order valence-corrected chi connectivity index (χ3v) is 5.76. The summed E-state index contributed by atoms with van der Waals surface area (Å²) in [5, 5.41) is 9.95. The van der Waals surface area contributed by atoms with Gasteiger partial charge >= 0.3 is 12.1 Å². The minimum Gasteiger partial charge on any atom is -0.475 e. The Morgan fingerprint density at radius 2 is 1.91 bits per heavy atom. The maximum absolute atomic E-state index is 13.0. The molecule has 1 aromatic rings. The summed E-state index contributed by atoms with van der Waals surface area (Å²) in [5.41, 5.74) is 0.647. The number of aliphatic carboxylic acids is 1. The first-order chi connectivity index (χ1) is 15.0. The Morgan fingerprint density at radius 1 is 1.22 bits per heavy atom. The van der Waals surface area contributed by atoms with E-state index in [2.05, 4.69) is 10.3 Å². The van der Waals surface area contributed by atoms with Gasteiger partial charge in [-0.25, -0.2) is 9.18 Å². The monoisotopic (exact) mass is 461 g/mol. The highest BCUT2D eigenvalue weighted by Crippen LogP contribution is 2.37. The SMILES string of the molecule is O=C(Nc1cccnc1)[C@H]1C[C@@H]2CCN(C(=O)C3CC(F)C3)C[C@@H]2O1.O=C(O)C(F)(F)F. The van der Waals surface area contributed by atoms with Crippen LogP contribution in [0.25, 0.3) is 0 Å². The molecule has 3 atom stereocenters. The summed E-state index contributed by atoms with van der Waals surface area (Å²) >= 11 is 0. The number of amides is 2. The molecule has 2 aliphatic heterocycles. The van der Waals surface area contributed by atoms with E-state index in [1.807, 2.05) is 0 Å². The number of carbonyl (C=O) groups excluding carboxylic acids is 2. The first-order valence-corrected chi connectivity index (χ1v) is 10.1. The van der Waals surface area contributed by atoms with Crippen LogP contribution in [-0.2, 0) is 19.1 Å². The molecule has 2 amide bonds. The Hall–Kier alpha value is -2.76. The van der Waals surface area contributed by atoms with Crippen molar-refractivity contribution in [2.24, 2.45) is 11.8 Å². The van der Waals surface area contributed by atoms with Crippen molar-refractivity contribution in [3.8, 4) is 0 Å². The summed E-state index contributed by atoms with van der Waals surface area (Å²) in [6.45, 7) is 1.18. The Bertz CT molecular complexity index is 832. The second-order valence-electron chi connectivity index (χ2n) is 8.03. The van der Waals surface area contributed by atoms with Crippen molar-refractivity contribution in [2.45, 2.75) is 50.2 Å². The Kier molecular flexibility index (Phi) is 7.32. The van der Waals surface area contributed by atoms with E-state index >= 15 is 0 Å². The van der Waals surface area contributed by atoms with Gasteiger partial charge in [-0.05, 0) is 43.7 Å². The van der Waals surface area contributed by atoms with Crippen LogP contribution in [0.5, 0.6) is 0 Å². The normalized spacial score (nSPS) is 29.1. The molecular weight excluding hydrogens is 438 g/mol. The molecule has 0 bridgehead atoms. The summed E-state index contributed by atoms with van der Waals surface area (Å²) in [6, 6.07) is 3.54. The number of halogens is 4. The van der Waals surface area contributed by atoms with E-state index in [0.29, 0.717) is 44.0 Å². The lowest BCUT2D eigenvalue weighted by Crippen LogP contribution is -2.50. The van der Waals surface area contributed by atoms with Crippen LogP contribution in [0.1, 0.15) is 25.7 Å². The number of alkyl halides is 4. The van der Waals surface area contributed by atoms with E-state index in [1.54, 1.807) is 29.4 Å². The van der Waals surface area contributed by atoms with Crippen molar-refractivity contribution in [1.29, 1.82) is 0 Å². The van der Waals surface area contributed by atoms with Crippen LogP contribution in [0.15, 0.2) is 24.5 Å². The second-order valence-corrected chi connectivity index (χ2v) is 8.03. The number of ether oxygens (including phenoxy) is 1. The zero-order valence-electron chi connectivity index (χ0n) is 16.9. The van der Waals surface area contributed by atoms with Gasteiger partial charge in [0.2, 0.25) is 5.91 Å². The van der Waals surface area contributed by atoms with Gasteiger partial charge in [-0.15, -0.1) is 0 Å². The highest BCUT2D eigenvalue weighted by molar-refractivity contribution is 5.94. The first-order valence-electron chi connectivity index (χ1n) is 10.1. The van der Waals surface area contributed by atoms with Crippen molar-refractivity contribution < 1.29 is 41.8 Å². The lowest BCUT2D eigenvalue weighted by atomic mass is 9.81. The van der Waals surface area contributed by atoms with Crippen LogP contribution in [0.3, 0.4) is 0 Å². The average Bonchev–Trinajstić information content (AvgIpc) is 3.15. The highest BCUT2D eigenvalue weighted by atomic mass is 19.4. The molecule has 0 aromatic carbocycles. The number of likely N-dealkylation sites (tertiary alicyclic amines) is 1. The molecule has 1 aliphatic carbocycles. The summed E-state index contributed by atoms with van der Waals surface area (Å²) in [6.07, 6.45) is -1.07. The number of aromatic nitrogens is 1. The van der Waals surface area contributed by atoms with Crippen molar-refractivity contribution in [3.05, 3.63) is 24.5 Å². The van der Waals surface area contributed by atoms with Crippen LogP contribution in [0.4, 0.5) is 23.2 Å². The largest absolute Gasteiger partial charge is 0.490 e. The maximum atomic E-state index is 13.0. The maximum Gasteiger partial charge on any atom is 0.490 e. The standard InChI is InChI=1S/C18H22FN3O3.C2HF3O2/c19-13-6-12(7-13)18(24)22-5-3-11-8-15(25-16(11)10-22)17(23)21-14-2-1-4-20-9-14;3-2(4,5)1(6)7/h1-2,4,9,11-13,15-16H,3,5-8,10H2,(H,21,23);(H,6,7)/t11-,12?,13?,15+,16-;/m0./s1. The van der Waals surface area contributed by atoms with Crippen LogP contribution >= 0.6 is 0 Å². The van der Waals surface area contributed by atoms with E-state index in [0.717, 1.165) is 6.42 Å². The van der Waals surface area contributed by atoms with Gasteiger partial charge in [0.1, 0.15) is 12.3 Å². The number of fused-ring (bicyclic) bond motifs is 1. The molecule has 32 heavy (non-hydrogen) atoms. The molecule has 2 N–H and O–H groups in total. The predicted octanol–water partition coefficient (Wildman–Crippen LogP) is 2.41. The Morgan fingerprint density at radius 3 is 2.47 bits per heavy atom. The third kappa shape index (κ3) is 5.93. The number of hydrogen-bond acceptors (Lipinski definition) is 5. The zero-order chi connectivity index (χ0) is 23.5. The summed E-state index contributed by atoms with van der Waals surface area (Å²) in [5.74, 6) is -2.76. The van der Waals surface area contributed by atoms with Crippen molar-refractivity contribution in [1.82, 2.24) is 9.88 Å². The minimum absolute atomic E-state index is 0.0409. The van der Waals surface area contributed by atoms with E-state index in [1.165, 1.54) is 0 Å². The van der Waals surface area contributed by atoms with Gasteiger partial charge in [-0.1, -0.05) is 0 Å². The first kappa shape index (κ1) is 23.9. The van der Waals surface area contributed by atoms with E-state index < -0.39 is 24.4 Å². The molecule has 1 aromatic heterocycles. The molecule has 2 saturated heterocycles. The lowest BCUT2D eigenvalue weighted by molar-refractivity contribution is -0.192. The van der Waals surface area contributed by atoms with Gasteiger partial charge in [0.25, 0.3) is 5.91 Å². The molecule has 4 rings (SSSR count). The molecule has 8 nitrogen and oxygen atoms in total. The fourth-order valence-electron chi connectivity index (χ4n) is 3.97. The fraction of sp³-hybridized carbons (Fsp3) is 0.600. The number of hydrogen-bond donors (Lipinski definition) is 2. The molecule has 3 aliphatic rings. The van der Waals surface area contributed by atoms with Crippen LogP contribution in [0, 0.1) is 11.8 Å². The van der Waals surface area contributed by atoms with Crippen molar-refractivity contribution >= 4 is 23.5 Å². The molecule has 1 saturated carbocycles. The van der Waals surface area contributed by atoms with Crippen LogP contribution in [0.2, 0.25) is 0 Å². The predicted molar refractivity (Wildman–Crippen MR) is 102 cm³/mol. The molecule has 0 radical (unpaired) electrons. The van der Waals surface area contributed by atoms with Gasteiger partial charge < -0.3 is 20.1 Å². The summed E-state index contributed by atoms with van der Waals surface area (Å²) in [4.78, 5) is 39.4. The number of anilines is 1. The van der Waals surface area contributed by atoms with Gasteiger partial charge in [-0.2, -0.15) is 13.2 Å². The lowest BCUT2D eigenvalue weighted by Gasteiger charge is -2.39. The molecule has 12 heteroatoms. The number of carbonyl (C=O) groups is 3. The number of carboxylic acid groups (broad SMARTS) is 1. The van der Waals surface area contributed by atoms with E-state index in [-0.39, 0.29) is 23.8 Å². The molecular formula is C20H23F4N3O5. The molecule has 3 fully saturated rings. The number of piperidine rings is 1. The van der Waals surface area contributed by atoms with Crippen LogP contribution < -0.4 is 5.32 Å². The van der Waals surface area contributed by atoms with Crippen molar-refractivity contribution in [3.63, 3.8) is 0 Å². The van der Waals surface area contributed by atoms with E-state index in [4.69, 9.17) is 14.6 Å². The zero-order valence-corrected chi connectivity index (χ0v) is 16.9. The smallest absolute Gasteiger partial charge is 0.475 e. The third-order valence-electron chi connectivity index (χ3n) is 5.76. The van der Waals surface area contributed by atoms with Crippen molar-refractivity contribution in [2.75, 3.05) is 18.4 Å². The minimum atomic E-state index is -5.08. The fourth-order valence-corrected chi connectivity index (χ4v) is 3.97. The number of nitrogens with one attached hydrogen (secondary N) is 1. The van der Waals surface area contributed by atoms with Gasteiger partial charge in [0.15, 0.2) is 0 Å².